The minimum atomic E-state index is 0.373. The monoisotopic (exact) mass is 512 g/mol. The third-order valence-electron chi connectivity index (χ3n) is 4.59. The molecule has 2 N–H and O–H groups in total. The first kappa shape index (κ1) is 23.3. The topological polar surface area (TPSA) is 66.4 Å². The maximum atomic E-state index is 11.0. The molecule has 1 amide bonds. The number of amides is 1. The van der Waals surface area contributed by atoms with Gasteiger partial charge >= 0.3 is 0 Å². The summed E-state index contributed by atoms with van der Waals surface area (Å²) in [5, 5.41) is 9.09. The lowest BCUT2D eigenvalue weighted by molar-refractivity contribution is -0.108. The van der Waals surface area contributed by atoms with Crippen molar-refractivity contribution in [3.8, 4) is 22.4 Å². The molecule has 0 aliphatic carbocycles. The number of nitrogens with zero attached hydrogens (tertiary/aromatic N) is 2. The van der Waals surface area contributed by atoms with Crippen molar-refractivity contribution in [2.24, 2.45) is 4.40 Å². The molecule has 0 radical (unpaired) electrons. The first-order valence-electron chi connectivity index (χ1n) is 9.86. The highest BCUT2D eigenvalue weighted by molar-refractivity contribution is 8.00. The highest BCUT2D eigenvalue weighted by atomic mass is 35.5. The minimum absolute atomic E-state index is 0.373. The maximum Gasteiger partial charge on any atom is 0.213 e. The van der Waals surface area contributed by atoms with Crippen molar-refractivity contribution in [1.82, 2.24) is 15.6 Å². The van der Waals surface area contributed by atoms with Gasteiger partial charge in [-0.25, -0.2) is 0 Å². The van der Waals surface area contributed by atoms with E-state index in [4.69, 9.17) is 28.2 Å². The van der Waals surface area contributed by atoms with Gasteiger partial charge in [0.25, 0.3) is 0 Å². The Hall–Kier alpha value is -2.84. The average Bonchev–Trinajstić information content (AvgIpc) is 3.36. The summed E-state index contributed by atoms with van der Waals surface area (Å²) in [7, 11) is 0. The lowest BCUT2D eigenvalue weighted by atomic mass is 9.98. The molecule has 2 heterocycles. The largest absolute Gasteiger partial charge is 0.351 e. The third kappa shape index (κ3) is 6.36. The lowest BCUT2D eigenvalue weighted by Crippen LogP contribution is -2.35. The van der Waals surface area contributed by atoms with Crippen molar-refractivity contribution in [3.63, 3.8) is 0 Å². The Balaban J connectivity index is 1.61. The Morgan fingerprint density at radius 2 is 1.73 bits per heavy atom. The van der Waals surface area contributed by atoms with E-state index in [1.54, 1.807) is 17.5 Å². The van der Waals surface area contributed by atoms with Crippen LogP contribution < -0.4 is 10.6 Å². The van der Waals surface area contributed by atoms with Gasteiger partial charge in [-0.1, -0.05) is 53.5 Å². The van der Waals surface area contributed by atoms with E-state index in [1.807, 2.05) is 66.0 Å². The Labute approximate surface area is 210 Å². The minimum Gasteiger partial charge on any atom is -0.351 e. The number of nitrogens with one attached hydrogen (secondary N) is 2. The zero-order valence-corrected chi connectivity index (χ0v) is 20.3. The van der Waals surface area contributed by atoms with E-state index in [2.05, 4.69) is 21.1 Å². The fourth-order valence-corrected chi connectivity index (χ4v) is 4.64. The molecule has 2 aromatic carbocycles. The van der Waals surface area contributed by atoms with E-state index in [-0.39, 0.29) is 0 Å². The molecular formula is C24H18Cl2N4OS2. The number of carbonyl (C=O) groups is 1. The molecule has 166 valence electrons. The van der Waals surface area contributed by atoms with E-state index in [9.17, 15) is 4.79 Å². The molecule has 0 fully saturated rings. The van der Waals surface area contributed by atoms with Crippen LogP contribution in [-0.2, 0) is 11.3 Å². The van der Waals surface area contributed by atoms with Gasteiger partial charge in [0.1, 0.15) is 0 Å². The number of benzene rings is 2. The molecule has 4 rings (SSSR count). The summed E-state index contributed by atoms with van der Waals surface area (Å²) >= 11 is 15.0. The van der Waals surface area contributed by atoms with E-state index >= 15 is 0 Å². The van der Waals surface area contributed by atoms with Gasteiger partial charge in [-0.3, -0.25) is 15.1 Å². The van der Waals surface area contributed by atoms with Crippen LogP contribution in [0.3, 0.4) is 0 Å². The van der Waals surface area contributed by atoms with Crippen LogP contribution >= 0.6 is 46.5 Å². The first-order chi connectivity index (χ1) is 16.1. The Morgan fingerprint density at radius 1 is 1.03 bits per heavy atom. The highest BCUT2D eigenvalue weighted by Gasteiger charge is 2.11. The molecular weight excluding hydrogens is 495 g/mol. The van der Waals surface area contributed by atoms with Gasteiger partial charge in [0.2, 0.25) is 12.4 Å². The summed E-state index contributed by atoms with van der Waals surface area (Å²) < 4.78 is 5.41. The van der Waals surface area contributed by atoms with Gasteiger partial charge in [-0.2, -0.15) is 4.40 Å². The van der Waals surface area contributed by atoms with Gasteiger partial charge in [0.15, 0.2) is 0 Å². The second kappa shape index (κ2) is 11.3. The lowest BCUT2D eigenvalue weighted by Gasteiger charge is -2.13. The van der Waals surface area contributed by atoms with Crippen molar-refractivity contribution in [3.05, 3.63) is 93.9 Å². The summed E-state index contributed by atoms with van der Waals surface area (Å²) in [6.07, 6.45) is 2.41. The van der Waals surface area contributed by atoms with Crippen LogP contribution in [0.1, 0.15) is 5.56 Å². The van der Waals surface area contributed by atoms with Crippen LogP contribution in [0.2, 0.25) is 10.0 Å². The predicted octanol–water partition coefficient (Wildman–Crippen LogP) is 6.68. The van der Waals surface area contributed by atoms with Crippen LogP contribution in [0, 0.1) is 0 Å². The quantitative estimate of drug-likeness (QED) is 0.125. The van der Waals surface area contributed by atoms with Crippen molar-refractivity contribution in [2.45, 2.75) is 10.8 Å². The zero-order valence-electron chi connectivity index (χ0n) is 17.2. The van der Waals surface area contributed by atoms with E-state index in [1.165, 1.54) is 11.9 Å². The second-order valence-corrected chi connectivity index (χ2v) is 9.72. The van der Waals surface area contributed by atoms with Gasteiger partial charge in [-0.15, -0.1) is 11.3 Å². The summed E-state index contributed by atoms with van der Waals surface area (Å²) in [5.41, 5.74) is 4.68. The van der Waals surface area contributed by atoms with E-state index in [0.29, 0.717) is 29.0 Å². The van der Waals surface area contributed by atoms with Gasteiger partial charge < -0.3 is 5.32 Å². The molecule has 2 aromatic heterocycles. The summed E-state index contributed by atoms with van der Waals surface area (Å²) in [6.45, 7) is 0.430. The van der Waals surface area contributed by atoms with Gasteiger partial charge in [-0.05, 0) is 52.9 Å². The van der Waals surface area contributed by atoms with Crippen LogP contribution in [-0.4, -0.2) is 17.4 Å². The smallest absolute Gasteiger partial charge is 0.213 e. The molecule has 33 heavy (non-hydrogen) atoms. The van der Waals surface area contributed by atoms with Crippen LogP contribution in [0.15, 0.2) is 86.9 Å². The third-order valence-corrected chi connectivity index (χ3v) is 6.86. The molecule has 0 saturated heterocycles. The van der Waals surface area contributed by atoms with Crippen molar-refractivity contribution in [1.29, 1.82) is 0 Å². The van der Waals surface area contributed by atoms with Crippen molar-refractivity contribution in [2.75, 3.05) is 0 Å². The number of pyridine rings is 1. The molecule has 0 atom stereocenters. The fraction of sp³-hybridized carbons (Fsp3) is 0.0417. The van der Waals surface area contributed by atoms with Gasteiger partial charge in [0.05, 0.1) is 9.90 Å². The SMILES string of the molecule is O=CN/C(=N\Sc1cccs1)NCc1cnc(-c2ccc(Cl)cc2)c(-c2ccc(Cl)cc2)c1. The summed E-state index contributed by atoms with van der Waals surface area (Å²) in [6, 6.07) is 21.2. The van der Waals surface area contributed by atoms with Crippen LogP contribution in [0.25, 0.3) is 22.4 Å². The van der Waals surface area contributed by atoms with E-state index < -0.39 is 0 Å². The standard InChI is InChI=1S/C24H18Cl2N4OS2/c25-19-7-3-17(4-8-19)21-12-16(13-27-23(21)18-5-9-20(26)10-6-18)14-28-24(29-15-31)30-33-22-2-1-11-32-22/h1-13,15H,14H2,(H2,28,29,30,31). The number of carbonyl (C=O) groups excluding carboxylic acids is 1. The fourth-order valence-electron chi connectivity index (χ4n) is 3.05. The highest BCUT2D eigenvalue weighted by Crippen LogP contribution is 2.32. The van der Waals surface area contributed by atoms with Crippen molar-refractivity contribution < 1.29 is 4.79 Å². The molecule has 5 nitrogen and oxygen atoms in total. The summed E-state index contributed by atoms with van der Waals surface area (Å²) in [5.74, 6) is 0.373. The van der Waals surface area contributed by atoms with Crippen LogP contribution in [0.5, 0.6) is 0 Å². The van der Waals surface area contributed by atoms with E-state index in [0.717, 1.165) is 32.2 Å². The Bertz CT molecular complexity index is 1240. The Morgan fingerprint density at radius 3 is 2.36 bits per heavy atom. The van der Waals surface area contributed by atoms with Crippen LogP contribution in [0.4, 0.5) is 0 Å². The average molecular weight is 513 g/mol. The number of rotatable bonds is 7. The molecule has 0 spiro atoms. The second-order valence-electron chi connectivity index (χ2n) is 6.83. The molecule has 9 heteroatoms. The summed E-state index contributed by atoms with van der Waals surface area (Å²) in [4.78, 5) is 15.7. The number of thiophene rings is 1. The molecule has 0 bridgehead atoms. The molecule has 0 saturated carbocycles. The molecule has 0 unspecified atom stereocenters. The molecule has 4 aromatic rings. The number of guanidine groups is 1. The number of hydrogen-bond acceptors (Lipinski definition) is 5. The normalized spacial score (nSPS) is 11.3. The number of halogens is 2. The Kier molecular flexibility index (Phi) is 8.01. The number of hydrogen-bond donors (Lipinski definition) is 2. The van der Waals surface area contributed by atoms with Crippen molar-refractivity contribution >= 4 is 58.9 Å². The number of aromatic nitrogens is 1. The zero-order chi connectivity index (χ0) is 23.0. The first-order valence-corrected chi connectivity index (χ1v) is 12.3. The van der Waals surface area contributed by atoms with Gasteiger partial charge in [0, 0.05) is 45.9 Å². The molecule has 0 aliphatic heterocycles. The predicted molar refractivity (Wildman–Crippen MR) is 139 cm³/mol. The maximum absolute atomic E-state index is 11.0. The molecule has 0 aliphatic rings.